The lowest BCUT2D eigenvalue weighted by Gasteiger charge is -2.18. The lowest BCUT2D eigenvalue weighted by Crippen LogP contribution is -2.30. The van der Waals surface area contributed by atoms with E-state index in [1.807, 2.05) is 0 Å². The van der Waals surface area contributed by atoms with Gasteiger partial charge in [-0.25, -0.2) is 0 Å². The SMILES string of the molecule is CCCCCCCCCCCCCCCCCCCCC(=O)OC[C@@H](COC(=O)CCCCCCCCCCCCCCCCCCC)OC(=O)CCCCCCCCCCCCCCCCC. The molecule has 0 unspecified atom stereocenters. The maximum absolute atomic E-state index is 12.9. The summed E-state index contributed by atoms with van der Waals surface area (Å²) in [5.74, 6) is -0.826. The quantitative estimate of drug-likeness (QED) is 0.0343. The molecule has 0 amide bonds. The van der Waals surface area contributed by atoms with Gasteiger partial charge in [-0.05, 0) is 19.3 Å². The van der Waals surface area contributed by atoms with Crippen LogP contribution >= 0.6 is 0 Å². The Hall–Kier alpha value is -1.59. The standard InChI is InChI=1S/C62H120O6/c1-4-7-10-13-16-19-22-25-28-30-32-35-37-40-43-46-49-52-55-61(64)67-58-59(68-62(65)56-53-50-47-44-41-38-33-27-24-21-18-15-12-9-6-3)57-66-60(63)54-51-48-45-42-39-36-34-31-29-26-23-20-17-14-11-8-5-2/h59H,4-58H2,1-3H3/t59-/m1/s1. The third-order valence-electron chi connectivity index (χ3n) is 14.4. The van der Waals surface area contributed by atoms with Crippen molar-refractivity contribution in [1.82, 2.24) is 0 Å². The fourth-order valence-electron chi connectivity index (χ4n) is 9.68. The highest BCUT2D eigenvalue weighted by molar-refractivity contribution is 5.71. The number of carbonyl (C=O) groups is 3. The average molecular weight is 962 g/mol. The van der Waals surface area contributed by atoms with Gasteiger partial charge in [0.15, 0.2) is 6.10 Å². The molecule has 0 saturated carbocycles. The molecule has 0 N–H and O–H groups in total. The number of esters is 3. The highest BCUT2D eigenvalue weighted by Crippen LogP contribution is 2.18. The van der Waals surface area contributed by atoms with Crippen LogP contribution in [0, 0.1) is 0 Å². The first-order valence-corrected chi connectivity index (χ1v) is 31.0. The second-order valence-corrected chi connectivity index (χ2v) is 21.3. The van der Waals surface area contributed by atoms with Crippen molar-refractivity contribution >= 4 is 17.9 Å². The van der Waals surface area contributed by atoms with Gasteiger partial charge in [-0.2, -0.15) is 0 Å². The van der Waals surface area contributed by atoms with Gasteiger partial charge in [0, 0.05) is 19.3 Å². The van der Waals surface area contributed by atoms with Crippen molar-refractivity contribution in [3.63, 3.8) is 0 Å². The van der Waals surface area contributed by atoms with Crippen LogP contribution in [0.3, 0.4) is 0 Å². The van der Waals surface area contributed by atoms with Crippen molar-refractivity contribution in [1.29, 1.82) is 0 Å². The van der Waals surface area contributed by atoms with E-state index in [9.17, 15) is 14.4 Å². The molecule has 0 aliphatic heterocycles. The van der Waals surface area contributed by atoms with Crippen LogP contribution in [0.25, 0.3) is 0 Å². The molecule has 404 valence electrons. The monoisotopic (exact) mass is 961 g/mol. The summed E-state index contributed by atoms with van der Waals surface area (Å²) in [5.41, 5.74) is 0. The summed E-state index contributed by atoms with van der Waals surface area (Å²) < 4.78 is 16.9. The van der Waals surface area contributed by atoms with Crippen LogP contribution in [0.2, 0.25) is 0 Å². The molecular formula is C62H120O6. The van der Waals surface area contributed by atoms with E-state index in [1.165, 1.54) is 263 Å². The normalized spacial score (nSPS) is 11.9. The predicted molar refractivity (Wildman–Crippen MR) is 294 cm³/mol. The van der Waals surface area contributed by atoms with Gasteiger partial charge in [-0.15, -0.1) is 0 Å². The van der Waals surface area contributed by atoms with Crippen molar-refractivity contribution in [2.24, 2.45) is 0 Å². The minimum Gasteiger partial charge on any atom is -0.462 e. The molecule has 0 fully saturated rings. The van der Waals surface area contributed by atoms with Crippen molar-refractivity contribution in [3.05, 3.63) is 0 Å². The molecule has 68 heavy (non-hydrogen) atoms. The van der Waals surface area contributed by atoms with Gasteiger partial charge in [-0.3, -0.25) is 14.4 Å². The Bertz CT molecular complexity index is 1010. The van der Waals surface area contributed by atoms with Gasteiger partial charge in [0.25, 0.3) is 0 Å². The largest absolute Gasteiger partial charge is 0.462 e. The molecule has 6 heteroatoms. The molecule has 0 bridgehead atoms. The number of ether oxygens (including phenoxy) is 3. The molecule has 0 saturated heterocycles. The summed E-state index contributed by atoms with van der Waals surface area (Å²) in [4.78, 5) is 38.2. The van der Waals surface area contributed by atoms with Crippen LogP contribution < -0.4 is 0 Å². The lowest BCUT2D eigenvalue weighted by molar-refractivity contribution is -0.167. The summed E-state index contributed by atoms with van der Waals surface area (Å²) >= 11 is 0. The predicted octanol–water partition coefficient (Wildman–Crippen LogP) is 20.7. The highest BCUT2D eigenvalue weighted by atomic mass is 16.6. The number of hydrogen-bond acceptors (Lipinski definition) is 6. The Morgan fingerprint density at radius 1 is 0.235 bits per heavy atom. The topological polar surface area (TPSA) is 78.9 Å². The average Bonchev–Trinajstić information content (AvgIpc) is 3.34. The Morgan fingerprint density at radius 2 is 0.397 bits per heavy atom. The summed E-state index contributed by atoms with van der Waals surface area (Å²) in [5, 5.41) is 0. The fourth-order valence-corrected chi connectivity index (χ4v) is 9.68. The van der Waals surface area contributed by atoms with E-state index in [1.54, 1.807) is 0 Å². The first kappa shape index (κ1) is 66.4. The van der Waals surface area contributed by atoms with Gasteiger partial charge in [-0.1, -0.05) is 323 Å². The second kappa shape index (κ2) is 58.0. The number of unbranched alkanes of at least 4 members (excludes halogenated alkanes) is 47. The highest BCUT2D eigenvalue weighted by Gasteiger charge is 2.19. The summed E-state index contributed by atoms with van der Waals surface area (Å²) in [6.45, 7) is 6.72. The first-order chi connectivity index (χ1) is 33.5. The maximum Gasteiger partial charge on any atom is 0.306 e. The van der Waals surface area contributed by atoms with Crippen LogP contribution in [0.15, 0.2) is 0 Å². The molecule has 0 aliphatic carbocycles. The van der Waals surface area contributed by atoms with E-state index in [4.69, 9.17) is 14.2 Å². The zero-order valence-corrected chi connectivity index (χ0v) is 46.4. The molecule has 0 aromatic carbocycles. The van der Waals surface area contributed by atoms with Gasteiger partial charge >= 0.3 is 17.9 Å². The minimum absolute atomic E-state index is 0.0606. The molecule has 1 atom stereocenters. The Labute approximate surface area is 425 Å². The van der Waals surface area contributed by atoms with Crippen molar-refractivity contribution < 1.29 is 28.6 Å². The molecule has 0 rings (SSSR count). The number of rotatable bonds is 58. The second-order valence-electron chi connectivity index (χ2n) is 21.3. The molecular weight excluding hydrogens is 841 g/mol. The smallest absolute Gasteiger partial charge is 0.306 e. The van der Waals surface area contributed by atoms with E-state index >= 15 is 0 Å². The van der Waals surface area contributed by atoms with E-state index < -0.39 is 6.10 Å². The fraction of sp³-hybridized carbons (Fsp3) is 0.952. The van der Waals surface area contributed by atoms with E-state index in [0.29, 0.717) is 19.3 Å². The molecule has 0 aromatic rings. The van der Waals surface area contributed by atoms with Crippen LogP contribution in [0.1, 0.15) is 361 Å². The van der Waals surface area contributed by atoms with Crippen LogP contribution in [-0.2, 0) is 28.6 Å². The van der Waals surface area contributed by atoms with Crippen LogP contribution in [0.5, 0.6) is 0 Å². The van der Waals surface area contributed by atoms with Crippen molar-refractivity contribution in [3.8, 4) is 0 Å². The van der Waals surface area contributed by atoms with E-state index in [2.05, 4.69) is 20.8 Å². The van der Waals surface area contributed by atoms with Crippen LogP contribution in [-0.4, -0.2) is 37.2 Å². The third-order valence-corrected chi connectivity index (χ3v) is 14.4. The summed E-state index contributed by atoms with van der Waals surface area (Å²) in [6.07, 6.45) is 65.3. The molecule has 0 radical (unpaired) electrons. The molecule has 0 aliphatic rings. The van der Waals surface area contributed by atoms with Crippen molar-refractivity contribution in [2.45, 2.75) is 367 Å². The minimum atomic E-state index is -0.761. The Balaban J connectivity index is 4.27. The molecule has 0 spiro atoms. The Kier molecular flexibility index (Phi) is 56.6. The van der Waals surface area contributed by atoms with Crippen molar-refractivity contribution in [2.75, 3.05) is 13.2 Å². The number of hydrogen-bond donors (Lipinski definition) is 0. The molecule has 0 aromatic heterocycles. The molecule has 0 heterocycles. The number of carbonyl (C=O) groups excluding carboxylic acids is 3. The summed E-state index contributed by atoms with van der Waals surface area (Å²) in [7, 11) is 0. The Morgan fingerprint density at radius 3 is 0.588 bits per heavy atom. The van der Waals surface area contributed by atoms with E-state index in [0.717, 1.165) is 57.8 Å². The van der Waals surface area contributed by atoms with Gasteiger partial charge in [0.2, 0.25) is 0 Å². The summed E-state index contributed by atoms with van der Waals surface area (Å²) in [6, 6.07) is 0. The zero-order chi connectivity index (χ0) is 49.3. The lowest BCUT2D eigenvalue weighted by atomic mass is 10.0. The van der Waals surface area contributed by atoms with E-state index in [-0.39, 0.29) is 31.1 Å². The maximum atomic E-state index is 12.9. The van der Waals surface area contributed by atoms with Gasteiger partial charge in [0.1, 0.15) is 13.2 Å². The van der Waals surface area contributed by atoms with Gasteiger partial charge < -0.3 is 14.2 Å². The van der Waals surface area contributed by atoms with Gasteiger partial charge in [0.05, 0.1) is 0 Å². The molecule has 6 nitrogen and oxygen atoms in total. The van der Waals surface area contributed by atoms with Crippen LogP contribution in [0.4, 0.5) is 0 Å². The first-order valence-electron chi connectivity index (χ1n) is 31.0. The zero-order valence-electron chi connectivity index (χ0n) is 46.4. The third kappa shape index (κ3) is 55.3.